The molecule has 0 saturated heterocycles. The molecule has 0 spiro atoms. The second kappa shape index (κ2) is 9.55. The van der Waals surface area contributed by atoms with E-state index in [0.29, 0.717) is 11.5 Å². The van der Waals surface area contributed by atoms with Gasteiger partial charge in [0.2, 0.25) is 0 Å². The van der Waals surface area contributed by atoms with E-state index >= 15 is 0 Å². The van der Waals surface area contributed by atoms with Gasteiger partial charge in [0.25, 0.3) is 0 Å². The van der Waals surface area contributed by atoms with Crippen LogP contribution in [0.3, 0.4) is 0 Å². The summed E-state index contributed by atoms with van der Waals surface area (Å²) in [5.41, 5.74) is 6.69. The van der Waals surface area contributed by atoms with Gasteiger partial charge < -0.3 is 20.7 Å². The number of carboxylic acid groups (broad SMARTS) is 1. The average molecular weight is 673 g/mol. The van der Waals surface area contributed by atoms with Gasteiger partial charge in [-0.2, -0.15) is 0 Å². The molecule has 0 aliphatic heterocycles. The molecule has 0 fully saturated rings. The van der Waals surface area contributed by atoms with E-state index in [9.17, 15) is 9.90 Å². The van der Waals surface area contributed by atoms with Crippen molar-refractivity contribution in [1.82, 2.24) is 0 Å². The molecular formula is C15H11I3NNaO4. The molecule has 0 bridgehead atoms. The van der Waals surface area contributed by atoms with Crippen molar-refractivity contribution in [3.05, 3.63) is 49.1 Å². The van der Waals surface area contributed by atoms with E-state index in [1.165, 1.54) is 12.1 Å². The minimum absolute atomic E-state index is 0. The number of aliphatic carboxylic acids is 1. The fourth-order valence-corrected chi connectivity index (χ4v) is 4.26. The van der Waals surface area contributed by atoms with E-state index in [2.05, 4.69) is 45.2 Å². The van der Waals surface area contributed by atoms with Gasteiger partial charge in [0.1, 0.15) is 11.5 Å². The van der Waals surface area contributed by atoms with E-state index in [1.54, 1.807) is 34.7 Å². The molecule has 5 nitrogen and oxygen atoms in total. The molecule has 3 N–H and O–H groups in total. The Balaban J connectivity index is 0.00000288. The summed E-state index contributed by atoms with van der Waals surface area (Å²) in [4.78, 5) is 11.2. The summed E-state index contributed by atoms with van der Waals surface area (Å²) in [5, 5.41) is 20.3. The Bertz CT molecular complexity index is 715. The maximum Gasteiger partial charge on any atom is 1.00 e. The van der Waals surface area contributed by atoms with Crippen molar-refractivity contribution in [3.63, 3.8) is 0 Å². The van der Waals surface area contributed by atoms with Crippen LogP contribution in [0.15, 0.2) is 36.4 Å². The zero-order valence-electron chi connectivity index (χ0n) is 12.6. The van der Waals surface area contributed by atoms with Crippen LogP contribution in [0.5, 0.6) is 17.2 Å². The third kappa shape index (κ3) is 6.13. The van der Waals surface area contributed by atoms with Gasteiger partial charge in [-0.3, -0.25) is 0 Å². The van der Waals surface area contributed by atoms with Crippen LogP contribution < -0.4 is 45.1 Å². The maximum atomic E-state index is 11.2. The second-order valence-corrected chi connectivity index (χ2v) is 9.03. The Morgan fingerprint density at radius 3 is 2.12 bits per heavy atom. The molecule has 2 rings (SSSR count). The molecule has 0 aliphatic rings. The summed E-state index contributed by atoms with van der Waals surface area (Å²) >= 11 is 6.02. The summed E-state index contributed by atoms with van der Waals surface area (Å²) in [6.07, 6.45) is 0.213. The Hall–Kier alpha value is 0.660. The van der Waals surface area contributed by atoms with Gasteiger partial charge in [-0.05, 0) is 97.6 Å². The van der Waals surface area contributed by atoms with E-state index < -0.39 is 9.51 Å². The summed E-state index contributed by atoms with van der Waals surface area (Å²) < 4.78 is 6.12. The minimum Gasteiger partial charge on any atom is -0.872 e. The number of rotatable bonds is 5. The van der Waals surface area contributed by atoms with Crippen molar-refractivity contribution in [2.45, 2.75) is 9.97 Å². The Morgan fingerprint density at radius 1 is 1.17 bits per heavy atom. The molecule has 2 aromatic carbocycles. The number of ether oxygens (including phenoxy) is 1. The van der Waals surface area contributed by atoms with Crippen LogP contribution in [-0.4, -0.2) is 14.6 Å². The SMILES string of the molecule is N[C@](I)(Cc1c(I)cc(Oc2ccc([O-])cc2)cc1I)C(=O)O.[Na+]. The molecular weight excluding hydrogens is 662 g/mol. The Labute approximate surface area is 202 Å². The van der Waals surface area contributed by atoms with Crippen molar-refractivity contribution < 1.29 is 49.3 Å². The van der Waals surface area contributed by atoms with Gasteiger partial charge in [-0.1, -0.05) is 12.1 Å². The summed E-state index contributed by atoms with van der Waals surface area (Å²) in [6.45, 7) is 0. The summed E-state index contributed by atoms with van der Waals surface area (Å²) in [7, 11) is 0. The van der Waals surface area contributed by atoms with Gasteiger partial charge in [-0.15, -0.1) is 5.75 Å². The minimum atomic E-state index is -1.36. The largest absolute Gasteiger partial charge is 1.00 e. The van der Waals surface area contributed by atoms with Crippen molar-refractivity contribution in [2.24, 2.45) is 5.73 Å². The molecule has 24 heavy (non-hydrogen) atoms. The molecule has 0 saturated carbocycles. The fraction of sp³-hybridized carbons (Fsp3) is 0.133. The van der Waals surface area contributed by atoms with Crippen LogP contribution >= 0.6 is 67.8 Å². The molecule has 2 aromatic rings. The van der Waals surface area contributed by atoms with Crippen LogP contribution in [0.1, 0.15) is 5.56 Å². The zero-order valence-corrected chi connectivity index (χ0v) is 21.0. The van der Waals surface area contributed by atoms with Gasteiger partial charge in [0.15, 0.2) is 3.55 Å². The predicted molar refractivity (Wildman–Crippen MR) is 110 cm³/mol. The first-order chi connectivity index (χ1) is 10.7. The third-order valence-electron chi connectivity index (χ3n) is 2.96. The molecule has 0 aliphatic carbocycles. The standard InChI is InChI=1S/C15H12I3NO4.Na/c16-12-5-10(23-9-3-1-8(20)2-4-9)6-13(17)11(12)7-15(18,19)14(21)22;/h1-6,20H,7,19H2,(H,21,22);/q;+1/p-1/t15-;/m1./s1. The molecule has 0 radical (unpaired) electrons. The number of carboxylic acids is 1. The molecule has 9 heteroatoms. The smallest absolute Gasteiger partial charge is 0.872 e. The van der Waals surface area contributed by atoms with Gasteiger partial charge in [0, 0.05) is 13.6 Å². The Kier molecular flexibility index (Phi) is 9.04. The normalized spacial score (nSPS) is 12.8. The topological polar surface area (TPSA) is 95.6 Å². The van der Waals surface area contributed by atoms with Gasteiger partial charge >= 0.3 is 35.5 Å². The molecule has 122 valence electrons. The number of hydrogen-bond acceptors (Lipinski definition) is 4. The number of carbonyl (C=O) groups is 1. The van der Waals surface area contributed by atoms with Crippen LogP contribution in [-0.2, 0) is 11.2 Å². The van der Waals surface area contributed by atoms with Crippen molar-refractivity contribution in [1.29, 1.82) is 0 Å². The monoisotopic (exact) mass is 673 g/mol. The number of hydrogen-bond donors (Lipinski definition) is 2. The van der Waals surface area contributed by atoms with Crippen LogP contribution in [0.4, 0.5) is 0 Å². The van der Waals surface area contributed by atoms with E-state index in [-0.39, 0.29) is 41.7 Å². The number of benzene rings is 2. The van der Waals surface area contributed by atoms with E-state index in [4.69, 9.17) is 15.6 Å². The molecule has 0 unspecified atom stereocenters. The van der Waals surface area contributed by atoms with Gasteiger partial charge in [0.05, 0.1) is 0 Å². The fourth-order valence-electron chi connectivity index (χ4n) is 1.78. The number of nitrogens with two attached hydrogens (primary N) is 1. The quantitative estimate of drug-likeness (QED) is 0.209. The summed E-state index contributed by atoms with van der Waals surface area (Å²) in [6, 6.07) is 9.72. The zero-order chi connectivity index (χ0) is 17.2. The maximum absolute atomic E-state index is 11.2. The van der Waals surface area contributed by atoms with Crippen LogP contribution in [0, 0.1) is 7.14 Å². The van der Waals surface area contributed by atoms with Gasteiger partial charge in [-0.25, -0.2) is 4.79 Å². The first-order valence-corrected chi connectivity index (χ1v) is 9.57. The first kappa shape index (κ1) is 22.7. The van der Waals surface area contributed by atoms with E-state index in [0.717, 1.165) is 12.7 Å². The molecule has 0 heterocycles. The number of halogens is 3. The summed E-state index contributed by atoms with van der Waals surface area (Å²) in [5.74, 6) is 0.0544. The first-order valence-electron chi connectivity index (χ1n) is 6.33. The molecule has 0 amide bonds. The molecule has 0 aromatic heterocycles. The van der Waals surface area contributed by atoms with Crippen molar-refractivity contribution in [3.8, 4) is 17.2 Å². The predicted octanol–water partition coefficient (Wildman–Crippen LogP) is 0.483. The van der Waals surface area contributed by atoms with E-state index in [1.807, 2.05) is 12.1 Å². The molecule has 1 atom stereocenters. The Morgan fingerprint density at radius 2 is 1.67 bits per heavy atom. The van der Waals surface area contributed by atoms with Crippen molar-refractivity contribution in [2.75, 3.05) is 0 Å². The number of alkyl halides is 1. The average Bonchev–Trinajstić information content (AvgIpc) is 2.45. The third-order valence-corrected chi connectivity index (χ3v) is 5.73. The van der Waals surface area contributed by atoms with Crippen LogP contribution in [0.2, 0.25) is 0 Å². The van der Waals surface area contributed by atoms with Crippen molar-refractivity contribution >= 4 is 73.7 Å². The van der Waals surface area contributed by atoms with Crippen LogP contribution in [0.25, 0.3) is 0 Å². The second-order valence-electron chi connectivity index (χ2n) is 4.78.